The summed E-state index contributed by atoms with van der Waals surface area (Å²) in [7, 11) is 0. The average molecular weight is 1280 g/mol. The summed E-state index contributed by atoms with van der Waals surface area (Å²) in [5, 5.41) is 0. The number of rotatable bonds is 80. The van der Waals surface area contributed by atoms with Crippen LogP contribution in [0.15, 0.2) is 0 Å². The number of unbranched alkanes of at least 4 members (excludes halogenated alkanes) is 67. The first-order chi connectivity index (χ1) is 42.7. The summed E-state index contributed by atoms with van der Waals surface area (Å²) in [6.45, 7) is 17.9. The van der Waals surface area contributed by atoms with Crippen LogP contribution in [0, 0.1) is 0 Å². The van der Waals surface area contributed by atoms with Crippen molar-refractivity contribution in [2.75, 3.05) is 32.8 Å². The van der Waals surface area contributed by atoms with E-state index in [1.165, 1.54) is 488 Å². The quantitative estimate of drug-likeness (QED) is 0.0446. The second-order valence-corrected chi connectivity index (χ2v) is 32.1. The van der Waals surface area contributed by atoms with Crippen LogP contribution in [0.25, 0.3) is 0 Å². The van der Waals surface area contributed by atoms with Gasteiger partial charge in [0.05, 0.1) is 0 Å². The third-order valence-electron chi connectivity index (χ3n) is 19.9. The smallest absolute Gasteiger partial charge is 1.00 e. The maximum atomic E-state index is 7.55. The summed E-state index contributed by atoms with van der Waals surface area (Å²) < 4.78 is 13.7. The summed E-state index contributed by atoms with van der Waals surface area (Å²) in [5.41, 5.74) is 0. The van der Waals surface area contributed by atoms with E-state index in [-0.39, 0.29) is 12.4 Å². The van der Waals surface area contributed by atoms with Crippen molar-refractivity contribution in [3.8, 4) is 0 Å². The molecule has 0 amide bonds. The monoisotopic (exact) mass is 1280 g/mol. The molecule has 0 aromatic heterocycles. The van der Waals surface area contributed by atoms with Crippen LogP contribution in [0.4, 0.5) is 0 Å². The third-order valence-corrected chi connectivity index (χ3v) is 23.7. The van der Waals surface area contributed by atoms with E-state index < -0.39 is 18.8 Å². The van der Waals surface area contributed by atoms with Crippen LogP contribution in [0.5, 0.6) is 0 Å². The van der Waals surface area contributed by atoms with Gasteiger partial charge in [0.2, 0.25) is 0 Å². The molecule has 0 N–H and O–H groups in total. The van der Waals surface area contributed by atoms with E-state index in [9.17, 15) is 0 Å². The van der Waals surface area contributed by atoms with Gasteiger partial charge in [0, 0.05) is 0 Å². The Hall–Kier alpha value is 0.884. The second kappa shape index (κ2) is 83.0. The first-order valence-corrected chi connectivity index (χ1v) is 43.8. The van der Waals surface area contributed by atoms with Gasteiger partial charge in [-0.25, -0.2) is 0 Å². The molecule has 0 aromatic rings. The zero-order valence-electron chi connectivity index (χ0n) is 61.6. The first-order valence-electron chi connectivity index (χ1n) is 41.7. The molecule has 0 aromatic carbocycles. The van der Waals surface area contributed by atoms with Gasteiger partial charge in [0.1, 0.15) is 0 Å². The third kappa shape index (κ3) is 74.2. The predicted octanol–water partition coefficient (Wildman–Crippen LogP) is 27.2. The van der Waals surface area contributed by atoms with Crippen molar-refractivity contribution < 1.29 is 34.5 Å². The van der Waals surface area contributed by atoms with E-state index in [0.717, 1.165) is 6.61 Å². The van der Waals surface area contributed by atoms with Crippen LogP contribution < -0.4 is 12.4 Å². The minimum atomic E-state index is -2.13. The minimum absolute atomic E-state index is 0. The molecule has 0 radical (unpaired) electrons. The van der Waals surface area contributed by atoms with Crippen molar-refractivity contribution in [2.45, 2.75) is 497 Å². The van der Waals surface area contributed by atoms with E-state index in [4.69, 9.17) is 3.32 Å². The molecule has 0 saturated heterocycles. The SMILES string of the molecule is CCCCCCCCCCCCCCCCCC[N](CCCCCCCCCCCCCCCCCC)[Ti+]([O]CCCCCCCCCC)[N](CCCCCCCCCCCCCCCCCC)CCCCCCCCCCCCCCCCCC.[Cl-]. The molecule has 0 saturated carbocycles. The zero-order chi connectivity index (χ0) is 61.9. The maximum absolute atomic E-state index is 7.55. The molecule has 524 valence electrons. The number of hydrogen-bond acceptors (Lipinski definition) is 3. The number of hydrogen-bond donors (Lipinski definition) is 0. The summed E-state index contributed by atoms with van der Waals surface area (Å²) in [6, 6.07) is 0. The molecule has 0 bridgehead atoms. The topological polar surface area (TPSA) is 15.7 Å². The Morgan fingerprint density at radius 3 is 0.414 bits per heavy atom. The Kier molecular flexibility index (Phi) is 85.8. The van der Waals surface area contributed by atoms with Crippen LogP contribution in [-0.2, 0) is 22.1 Å². The molecule has 5 heteroatoms. The molecule has 3 nitrogen and oxygen atoms in total. The van der Waals surface area contributed by atoms with Crippen molar-refractivity contribution >= 4 is 0 Å². The molecule has 0 aliphatic heterocycles. The zero-order valence-corrected chi connectivity index (χ0v) is 63.9. The Morgan fingerprint density at radius 1 is 0.161 bits per heavy atom. The average Bonchev–Trinajstić information content (AvgIpc) is 3.65. The summed E-state index contributed by atoms with van der Waals surface area (Å²) >= 11 is -2.13. The molecule has 0 fully saturated rings. The molecular weight excluding hydrogens is 1110 g/mol. The Labute approximate surface area is 567 Å². The van der Waals surface area contributed by atoms with Gasteiger partial charge in [-0.05, 0) is 0 Å². The van der Waals surface area contributed by atoms with E-state index in [1.807, 2.05) is 0 Å². The Bertz CT molecular complexity index is 1010. The van der Waals surface area contributed by atoms with Gasteiger partial charge in [-0.15, -0.1) is 0 Å². The van der Waals surface area contributed by atoms with Crippen LogP contribution in [-0.4, -0.2) is 39.5 Å². The molecule has 0 atom stereocenters. The van der Waals surface area contributed by atoms with Crippen LogP contribution >= 0.6 is 0 Å². The summed E-state index contributed by atoms with van der Waals surface area (Å²) in [6.07, 6.45) is 104. The predicted molar refractivity (Wildman–Crippen MR) is 390 cm³/mol. The molecule has 0 aliphatic carbocycles. The van der Waals surface area contributed by atoms with Crippen LogP contribution in [0.1, 0.15) is 497 Å². The molecule has 0 rings (SSSR count). The van der Waals surface area contributed by atoms with Gasteiger partial charge in [0.25, 0.3) is 0 Å². The van der Waals surface area contributed by atoms with E-state index in [1.54, 1.807) is 0 Å². The summed E-state index contributed by atoms with van der Waals surface area (Å²) in [4.78, 5) is 0. The first kappa shape index (κ1) is 89.9. The molecule has 0 heterocycles. The normalized spacial score (nSPS) is 11.8. The van der Waals surface area contributed by atoms with Gasteiger partial charge in [0.15, 0.2) is 0 Å². The van der Waals surface area contributed by atoms with Crippen LogP contribution in [0.2, 0.25) is 0 Å². The second-order valence-electron chi connectivity index (χ2n) is 28.8. The van der Waals surface area contributed by atoms with Gasteiger partial charge >= 0.3 is 377 Å². The molecule has 87 heavy (non-hydrogen) atoms. The molecular formula is C82H169ClN2OTi. The molecule has 0 unspecified atom stereocenters. The standard InChI is InChI=1S/2C36H74N.C10H21O.ClH.Ti/c2*1-3-5-7-9-11-13-15-17-19-21-23-25-27-29-31-33-35-37-36-34-32-30-28-26-24-22-20-18-16-14-12-10-8-6-4-2;1-2-3-4-5-6-7-8-9-10-11;;/h2*3-36H2,1-2H3;2-10H2,1H3;1H;/q3*-1;;+4/p-1. The van der Waals surface area contributed by atoms with E-state index in [2.05, 4.69) is 41.4 Å². The fourth-order valence-corrected chi connectivity index (χ4v) is 17.7. The number of halogens is 1. The molecule has 0 spiro atoms. The van der Waals surface area contributed by atoms with Crippen molar-refractivity contribution in [2.24, 2.45) is 0 Å². The van der Waals surface area contributed by atoms with Crippen molar-refractivity contribution in [3.63, 3.8) is 0 Å². The summed E-state index contributed by atoms with van der Waals surface area (Å²) in [5.74, 6) is 0. The van der Waals surface area contributed by atoms with Gasteiger partial charge < -0.3 is 12.4 Å². The fraction of sp³-hybridized carbons (Fsp3) is 1.00. The van der Waals surface area contributed by atoms with E-state index >= 15 is 0 Å². The molecule has 0 aliphatic rings. The van der Waals surface area contributed by atoms with Crippen molar-refractivity contribution in [1.82, 2.24) is 6.76 Å². The van der Waals surface area contributed by atoms with Gasteiger partial charge in [-0.2, -0.15) is 0 Å². The van der Waals surface area contributed by atoms with Crippen molar-refractivity contribution in [3.05, 3.63) is 0 Å². The fourth-order valence-electron chi connectivity index (χ4n) is 13.8. The minimum Gasteiger partial charge on any atom is -1.00 e. The Balaban J connectivity index is 0. The number of nitrogens with zero attached hydrogens (tertiary/aromatic N) is 2. The Morgan fingerprint density at radius 2 is 0.276 bits per heavy atom. The van der Waals surface area contributed by atoms with Crippen LogP contribution in [0.3, 0.4) is 0 Å². The van der Waals surface area contributed by atoms with Gasteiger partial charge in [-0.3, -0.25) is 0 Å². The van der Waals surface area contributed by atoms with E-state index in [0.29, 0.717) is 0 Å². The van der Waals surface area contributed by atoms with Crippen molar-refractivity contribution in [1.29, 1.82) is 0 Å². The van der Waals surface area contributed by atoms with Gasteiger partial charge in [-0.1, -0.05) is 182 Å².